The van der Waals surface area contributed by atoms with E-state index in [1.165, 1.54) is 55.3 Å². The number of rotatable bonds is 4. The minimum atomic E-state index is 0.925. The van der Waals surface area contributed by atoms with Crippen molar-refractivity contribution >= 4 is 22.4 Å². The summed E-state index contributed by atoms with van der Waals surface area (Å²) in [6.07, 6.45) is 7.28. The summed E-state index contributed by atoms with van der Waals surface area (Å²) in [5.41, 5.74) is 10.9. The van der Waals surface area contributed by atoms with Gasteiger partial charge in [0, 0.05) is 22.8 Å². The number of fused-ring (bicyclic) bond motifs is 2. The van der Waals surface area contributed by atoms with Gasteiger partial charge >= 0.3 is 0 Å². The molecule has 0 atom stereocenters. The van der Waals surface area contributed by atoms with Crippen LogP contribution in [0.5, 0.6) is 0 Å². The number of benzene rings is 3. The molecule has 0 aliphatic heterocycles. The summed E-state index contributed by atoms with van der Waals surface area (Å²) in [6, 6.07) is 20.1. The van der Waals surface area contributed by atoms with E-state index in [1.807, 2.05) is 6.26 Å². The molecular weight excluding hydrogens is 352 g/mol. The molecule has 29 heavy (non-hydrogen) atoms. The maximum atomic E-state index is 6.01. The van der Waals surface area contributed by atoms with E-state index in [1.54, 1.807) is 0 Å². The fourth-order valence-electron chi connectivity index (χ4n) is 4.61. The quantitative estimate of drug-likeness (QED) is 0.356. The summed E-state index contributed by atoms with van der Waals surface area (Å²) in [4.78, 5) is 0. The highest BCUT2D eigenvalue weighted by Crippen LogP contribution is 2.41. The Hall–Kier alpha value is -3.06. The second-order valence-electron chi connectivity index (χ2n) is 8.07. The Kier molecular flexibility index (Phi) is 4.39. The lowest BCUT2D eigenvalue weighted by Crippen LogP contribution is -1.94. The number of hydrogen-bond donors (Lipinski definition) is 0. The molecule has 4 aromatic rings. The molecule has 0 amide bonds. The molecule has 1 heteroatoms. The Morgan fingerprint density at radius 1 is 0.897 bits per heavy atom. The lowest BCUT2D eigenvalue weighted by Gasteiger charge is -2.14. The van der Waals surface area contributed by atoms with Crippen molar-refractivity contribution in [3.05, 3.63) is 94.4 Å². The van der Waals surface area contributed by atoms with Crippen LogP contribution in [0.3, 0.4) is 0 Å². The normalized spacial score (nSPS) is 13.0. The third-order valence-electron chi connectivity index (χ3n) is 6.20. The molecule has 1 nitrogen and oxygen atoms in total. The molecule has 5 rings (SSSR count). The molecule has 0 radical (unpaired) electrons. The van der Waals surface area contributed by atoms with Gasteiger partial charge in [-0.25, -0.2) is 0 Å². The Morgan fingerprint density at radius 3 is 2.41 bits per heavy atom. The third-order valence-corrected chi connectivity index (χ3v) is 6.20. The van der Waals surface area contributed by atoms with E-state index in [-0.39, 0.29) is 0 Å². The standard InChI is InChI=1S/C28H26O/c1-4-19-12-20(5-2)14-23(13-19)27-18(3)10-11-21-15-24(16-26(21)27)28-25-9-7-6-8-22(25)17-29-28/h6-14,16-17H,4-5,15H2,1-3H3. The van der Waals surface area contributed by atoms with Gasteiger partial charge in [0.25, 0.3) is 0 Å². The molecule has 0 fully saturated rings. The van der Waals surface area contributed by atoms with Gasteiger partial charge in [0.2, 0.25) is 0 Å². The van der Waals surface area contributed by atoms with Crippen molar-refractivity contribution in [1.29, 1.82) is 0 Å². The minimum Gasteiger partial charge on any atom is -0.463 e. The highest BCUT2D eigenvalue weighted by Gasteiger charge is 2.22. The number of allylic oxidation sites excluding steroid dienone is 1. The molecule has 1 heterocycles. The zero-order valence-corrected chi connectivity index (χ0v) is 17.4. The molecule has 1 aliphatic rings. The third kappa shape index (κ3) is 3.02. The van der Waals surface area contributed by atoms with Crippen LogP contribution in [0.4, 0.5) is 0 Å². The minimum absolute atomic E-state index is 0.925. The van der Waals surface area contributed by atoms with E-state index in [0.717, 1.165) is 25.0 Å². The topological polar surface area (TPSA) is 13.1 Å². The van der Waals surface area contributed by atoms with Gasteiger partial charge < -0.3 is 4.42 Å². The van der Waals surface area contributed by atoms with Crippen molar-refractivity contribution in [2.75, 3.05) is 0 Å². The predicted octanol–water partition coefficient (Wildman–Crippen LogP) is 7.63. The summed E-state index contributed by atoms with van der Waals surface area (Å²) in [5, 5.41) is 2.37. The molecule has 0 spiro atoms. The molecule has 0 saturated carbocycles. The monoisotopic (exact) mass is 378 g/mol. The van der Waals surface area contributed by atoms with Gasteiger partial charge in [0.05, 0.1) is 6.26 Å². The largest absolute Gasteiger partial charge is 0.463 e. The van der Waals surface area contributed by atoms with Crippen LogP contribution < -0.4 is 0 Å². The molecule has 0 saturated heterocycles. The molecule has 0 bridgehead atoms. The van der Waals surface area contributed by atoms with Crippen LogP contribution >= 0.6 is 0 Å². The first-order valence-corrected chi connectivity index (χ1v) is 10.6. The fraction of sp³-hybridized carbons (Fsp3) is 0.214. The van der Waals surface area contributed by atoms with Crippen LogP contribution in [0.2, 0.25) is 0 Å². The zero-order chi connectivity index (χ0) is 20.0. The summed E-state index contributed by atoms with van der Waals surface area (Å²) in [6.45, 7) is 6.70. The van der Waals surface area contributed by atoms with Crippen LogP contribution in [0, 0.1) is 6.92 Å². The van der Waals surface area contributed by atoms with E-state index in [0.29, 0.717) is 0 Å². The van der Waals surface area contributed by atoms with Gasteiger partial charge in [-0.1, -0.05) is 68.4 Å². The molecule has 1 aromatic heterocycles. The summed E-state index contributed by atoms with van der Waals surface area (Å²) < 4.78 is 6.01. The van der Waals surface area contributed by atoms with Gasteiger partial charge in [-0.05, 0) is 64.8 Å². The van der Waals surface area contributed by atoms with E-state index in [2.05, 4.69) is 81.4 Å². The van der Waals surface area contributed by atoms with Crippen LogP contribution in [-0.2, 0) is 19.3 Å². The van der Waals surface area contributed by atoms with Gasteiger partial charge in [0.15, 0.2) is 0 Å². The molecule has 3 aromatic carbocycles. The SMILES string of the molecule is CCc1cc(CC)cc(-c2c(C)ccc3c2C=C(c2occ4ccccc24)C3)c1. The lowest BCUT2D eigenvalue weighted by atomic mass is 9.90. The smallest absolute Gasteiger partial charge is 0.138 e. The van der Waals surface area contributed by atoms with E-state index < -0.39 is 0 Å². The van der Waals surface area contributed by atoms with Crippen molar-refractivity contribution in [2.45, 2.75) is 40.0 Å². The Bertz CT molecular complexity index is 1230. The number of hydrogen-bond acceptors (Lipinski definition) is 1. The molecule has 144 valence electrons. The summed E-state index contributed by atoms with van der Waals surface area (Å²) in [5.74, 6) is 1.01. The van der Waals surface area contributed by atoms with Crippen molar-refractivity contribution in [3.63, 3.8) is 0 Å². The van der Waals surface area contributed by atoms with Crippen molar-refractivity contribution in [3.8, 4) is 11.1 Å². The van der Waals surface area contributed by atoms with Gasteiger partial charge in [-0.3, -0.25) is 0 Å². The molecule has 1 aliphatic carbocycles. The second-order valence-corrected chi connectivity index (χ2v) is 8.07. The summed E-state index contributed by atoms with van der Waals surface area (Å²) >= 11 is 0. The number of furan rings is 1. The van der Waals surface area contributed by atoms with Crippen molar-refractivity contribution < 1.29 is 4.42 Å². The van der Waals surface area contributed by atoms with Crippen LogP contribution in [0.15, 0.2) is 65.3 Å². The lowest BCUT2D eigenvalue weighted by molar-refractivity contribution is 0.557. The van der Waals surface area contributed by atoms with Crippen molar-refractivity contribution in [1.82, 2.24) is 0 Å². The molecule has 0 unspecified atom stereocenters. The van der Waals surface area contributed by atoms with E-state index >= 15 is 0 Å². The average Bonchev–Trinajstić information content (AvgIpc) is 3.37. The first-order valence-electron chi connectivity index (χ1n) is 10.6. The predicted molar refractivity (Wildman–Crippen MR) is 123 cm³/mol. The van der Waals surface area contributed by atoms with Gasteiger partial charge in [-0.2, -0.15) is 0 Å². The maximum Gasteiger partial charge on any atom is 0.138 e. The average molecular weight is 379 g/mol. The van der Waals surface area contributed by atoms with Gasteiger partial charge in [-0.15, -0.1) is 0 Å². The first-order chi connectivity index (χ1) is 14.2. The fourth-order valence-corrected chi connectivity index (χ4v) is 4.61. The first kappa shape index (κ1) is 18.0. The highest BCUT2D eigenvalue weighted by molar-refractivity contribution is 6.00. The van der Waals surface area contributed by atoms with E-state index in [4.69, 9.17) is 4.42 Å². The number of aryl methyl sites for hydroxylation is 3. The van der Waals surface area contributed by atoms with E-state index in [9.17, 15) is 0 Å². The van der Waals surface area contributed by atoms with Crippen LogP contribution in [-0.4, -0.2) is 0 Å². The molecular formula is C28H26O. The van der Waals surface area contributed by atoms with Crippen LogP contribution in [0.1, 0.15) is 47.4 Å². The maximum absolute atomic E-state index is 6.01. The Balaban J connectivity index is 1.68. The second kappa shape index (κ2) is 7.08. The highest BCUT2D eigenvalue weighted by atomic mass is 16.3. The Labute approximate surface area is 172 Å². The Morgan fingerprint density at radius 2 is 1.66 bits per heavy atom. The van der Waals surface area contributed by atoms with Crippen molar-refractivity contribution in [2.24, 2.45) is 0 Å². The zero-order valence-electron chi connectivity index (χ0n) is 17.4. The summed E-state index contributed by atoms with van der Waals surface area (Å²) in [7, 11) is 0. The van der Waals surface area contributed by atoms with Gasteiger partial charge in [0.1, 0.15) is 5.76 Å². The van der Waals surface area contributed by atoms with Crippen LogP contribution in [0.25, 0.3) is 33.5 Å². The molecule has 0 N–H and O–H groups in total.